The number of hydrogen-bond donors (Lipinski definition) is 3. The molecular weight excluding hydrogens is 238 g/mol. The molecule has 1 atom stereocenters. The van der Waals surface area contributed by atoms with E-state index in [9.17, 15) is 9.59 Å². The van der Waals surface area contributed by atoms with Crippen LogP contribution in [-0.4, -0.2) is 42.1 Å². The quantitative estimate of drug-likeness (QED) is 0.484. The monoisotopic (exact) mass is 259 g/mol. The van der Waals surface area contributed by atoms with Gasteiger partial charge in [-0.05, 0) is 27.7 Å². The third-order valence-corrected chi connectivity index (χ3v) is 1.80. The third-order valence-electron chi connectivity index (χ3n) is 1.80. The largest absolute Gasteiger partial charge is 0.481 e. The Morgan fingerprint density at radius 2 is 2.00 bits per heavy atom. The molecule has 0 spiro atoms. The number of rotatable bonds is 6. The van der Waals surface area contributed by atoms with Crippen LogP contribution in [0.3, 0.4) is 0 Å². The van der Waals surface area contributed by atoms with Crippen molar-refractivity contribution in [2.24, 2.45) is 11.0 Å². The zero-order chi connectivity index (χ0) is 14.2. The maximum Gasteiger partial charge on any atom is 0.407 e. The van der Waals surface area contributed by atoms with Gasteiger partial charge in [-0.25, -0.2) is 4.79 Å². The van der Waals surface area contributed by atoms with Crippen molar-refractivity contribution in [1.29, 1.82) is 0 Å². The first-order valence-corrected chi connectivity index (χ1v) is 5.66. The molecule has 0 saturated carbocycles. The third kappa shape index (κ3) is 8.37. The SMILES string of the molecule is C/C=N\NCC(CNC(=O)OC(C)(C)C)C(=O)O. The molecule has 0 aliphatic rings. The molecule has 0 aromatic carbocycles. The second-order valence-electron chi connectivity index (χ2n) is 4.67. The summed E-state index contributed by atoms with van der Waals surface area (Å²) in [5, 5.41) is 15.0. The van der Waals surface area contributed by atoms with Gasteiger partial charge >= 0.3 is 12.1 Å². The van der Waals surface area contributed by atoms with Crippen molar-refractivity contribution in [3.8, 4) is 0 Å². The smallest absolute Gasteiger partial charge is 0.407 e. The van der Waals surface area contributed by atoms with Crippen LogP contribution in [0.25, 0.3) is 0 Å². The van der Waals surface area contributed by atoms with E-state index in [4.69, 9.17) is 9.84 Å². The highest BCUT2D eigenvalue weighted by atomic mass is 16.6. The summed E-state index contributed by atoms with van der Waals surface area (Å²) in [6, 6.07) is 0. The Balaban J connectivity index is 4.11. The van der Waals surface area contributed by atoms with Crippen molar-refractivity contribution in [3.05, 3.63) is 0 Å². The van der Waals surface area contributed by atoms with Crippen LogP contribution in [0.1, 0.15) is 27.7 Å². The minimum absolute atomic E-state index is 0.0174. The number of amides is 1. The Kier molecular flexibility index (Phi) is 6.77. The van der Waals surface area contributed by atoms with Gasteiger partial charge in [0.1, 0.15) is 5.60 Å². The normalized spacial score (nSPS) is 13.1. The Morgan fingerprint density at radius 1 is 1.39 bits per heavy atom. The van der Waals surface area contributed by atoms with Gasteiger partial charge in [0.25, 0.3) is 0 Å². The molecule has 0 saturated heterocycles. The molecule has 0 aromatic rings. The summed E-state index contributed by atoms with van der Waals surface area (Å²) in [6.07, 6.45) is 0.882. The number of carbonyl (C=O) groups excluding carboxylic acids is 1. The summed E-state index contributed by atoms with van der Waals surface area (Å²) in [6.45, 7) is 7.03. The molecule has 104 valence electrons. The number of hydrazone groups is 1. The predicted molar refractivity (Wildman–Crippen MR) is 67.5 cm³/mol. The minimum Gasteiger partial charge on any atom is -0.481 e. The first-order valence-electron chi connectivity index (χ1n) is 5.66. The molecule has 0 aliphatic heterocycles. The molecule has 0 radical (unpaired) electrons. The van der Waals surface area contributed by atoms with Gasteiger partial charge in [-0.3, -0.25) is 4.79 Å². The Bertz CT molecular complexity index is 310. The van der Waals surface area contributed by atoms with Crippen molar-refractivity contribution in [2.75, 3.05) is 13.1 Å². The summed E-state index contributed by atoms with van der Waals surface area (Å²) in [7, 11) is 0. The lowest BCUT2D eigenvalue weighted by Gasteiger charge is -2.20. The Labute approximate surface area is 107 Å². The van der Waals surface area contributed by atoms with Crippen LogP contribution < -0.4 is 10.7 Å². The maximum absolute atomic E-state index is 11.3. The molecule has 0 bridgehead atoms. The number of aliphatic carboxylic acids is 1. The molecule has 1 unspecified atom stereocenters. The summed E-state index contributed by atoms with van der Waals surface area (Å²) >= 11 is 0. The van der Waals surface area contributed by atoms with E-state index in [1.54, 1.807) is 27.7 Å². The van der Waals surface area contributed by atoms with E-state index >= 15 is 0 Å². The number of carboxylic acid groups (broad SMARTS) is 1. The van der Waals surface area contributed by atoms with E-state index in [2.05, 4.69) is 15.8 Å². The summed E-state index contributed by atoms with van der Waals surface area (Å²) in [5.74, 6) is -1.77. The standard InChI is InChI=1S/C11H21N3O4/c1-5-13-14-7-8(9(15)16)6-12-10(17)18-11(2,3)4/h5,8,14H,6-7H2,1-4H3,(H,12,17)(H,15,16)/b13-5-. The molecule has 18 heavy (non-hydrogen) atoms. The van der Waals surface area contributed by atoms with Gasteiger partial charge in [0.2, 0.25) is 0 Å². The van der Waals surface area contributed by atoms with Gasteiger partial charge in [0.05, 0.1) is 5.92 Å². The molecule has 3 N–H and O–H groups in total. The molecule has 7 nitrogen and oxygen atoms in total. The van der Waals surface area contributed by atoms with E-state index in [0.717, 1.165) is 0 Å². The van der Waals surface area contributed by atoms with Crippen molar-refractivity contribution >= 4 is 18.3 Å². The number of carbonyl (C=O) groups is 2. The lowest BCUT2D eigenvalue weighted by molar-refractivity contribution is -0.141. The van der Waals surface area contributed by atoms with Crippen molar-refractivity contribution in [3.63, 3.8) is 0 Å². The topological polar surface area (TPSA) is 100 Å². The van der Waals surface area contributed by atoms with Crippen molar-refractivity contribution < 1.29 is 19.4 Å². The van der Waals surface area contributed by atoms with Crippen molar-refractivity contribution in [2.45, 2.75) is 33.3 Å². The second kappa shape index (κ2) is 7.52. The second-order valence-corrected chi connectivity index (χ2v) is 4.67. The molecule has 1 amide bonds. The summed E-state index contributed by atoms with van der Waals surface area (Å²) < 4.78 is 5.00. The van der Waals surface area contributed by atoms with Crippen molar-refractivity contribution in [1.82, 2.24) is 10.7 Å². The fourth-order valence-electron chi connectivity index (χ4n) is 1.02. The van der Waals surface area contributed by atoms with Gasteiger partial charge in [-0.1, -0.05) is 0 Å². The predicted octanol–water partition coefficient (Wildman–Crippen LogP) is 0.807. The molecule has 7 heteroatoms. The van der Waals surface area contributed by atoms with Gasteiger partial charge in [-0.15, -0.1) is 0 Å². The van der Waals surface area contributed by atoms with Crippen LogP contribution in [0, 0.1) is 5.92 Å². The maximum atomic E-state index is 11.3. The molecule has 0 aromatic heterocycles. The van der Waals surface area contributed by atoms with Crippen LogP contribution in [0.5, 0.6) is 0 Å². The number of nitrogens with one attached hydrogen (secondary N) is 2. The lowest BCUT2D eigenvalue weighted by atomic mass is 10.1. The van der Waals surface area contributed by atoms with Gasteiger partial charge in [0, 0.05) is 19.3 Å². The number of nitrogens with zero attached hydrogens (tertiary/aromatic N) is 1. The number of carboxylic acids is 1. The van der Waals surface area contributed by atoms with Gasteiger partial charge in [0.15, 0.2) is 0 Å². The number of hydrogen-bond acceptors (Lipinski definition) is 5. The van der Waals surface area contributed by atoms with Crippen LogP contribution >= 0.6 is 0 Å². The molecular formula is C11H21N3O4. The van der Waals surface area contributed by atoms with E-state index in [1.807, 2.05) is 0 Å². The van der Waals surface area contributed by atoms with Crippen LogP contribution in [0.2, 0.25) is 0 Å². The Morgan fingerprint density at radius 3 is 2.44 bits per heavy atom. The zero-order valence-electron chi connectivity index (χ0n) is 11.2. The van der Waals surface area contributed by atoms with Gasteiger partial charge in [-0.2, -0.15) is 5.10 Å². The average Bonchev–Trinajstić information content (AvgIpc) is 2.20. The van der Waals surface area contributed by atoms with E-state index in [1.165, 1.54) is 6.21 Å². The highest BCUT2D eigenvalue weighted by Crippen LogP contribution is 2.06. The number of alkyl carbamates (subject to hydrolysis) is 1. The fourth-order valence-corrected chi connectivity index (χ4v) is 1.02. The molecule has 0 fully saturated rings. The highest BCUT2D eigenvalue weighted by Gasteiger charge is 2.20. The van der Waals surface area contributed by atoms with Crippen LogP contribution in [-0.2, 0) is 9.53 Å². The lowest BCUT2D eigenvalue weighted by Crippen LogP contribution is -2.40. The van der Waals surface area contributed by atoms with Crippen LogP contribution in [0.15, 0.2) is 5.10 Å². The first-order chi connectivity index (χ1) is 8.26. The number of ether oxygens (including phenoxy) is 1. The van der Waals surface area contributed by atoms with E-state index < -0.39 is 23.6 Å². The first kappa shape index (κ1) is 16.2. The summed E-state index contributed by atoms with van der Waals surface area (Å²) in [4.78, 5) is 22.2. The summed E-state index contributed by atoms with van der Waals surface area (Å²) in [5.41, 5.74) is 1.98. The molecule has 0 heterocycles. The highest BCUT2D eigenvalue weighted by molar-refractivity contribution is 5.72. The molecule has 0 aliphatic carbocycles. The average molecular weight is 259 g/mol. The van der Waals surface area contributed by atoms with Gasteiger partial charge < -0.3 is 20.6 Å². The minimum atomic E-state index is -1.01. The van der Waals surface area contributed by atoms with Crippen LogP contribution in [0.4, 0.5) is 4.79 Å². The van der Waals surface area contributed by atoms with E-state index in [0.29, 0.717) is 0 Å². The van der Waals surface area contributed by atoms with E-state index in [-0.39, 0.29) is 13.1 Å². The Hall–Kier alpha value is -1.79. The zero-order valence-corrected chi connectivity index (χ0v) is 11.2. The molecule has 0 rings (SSSR count). The fraction of sp³-hybridized carbons (Fsp3) is 0.727.